The molecule has 1 heterocycles. The first-order valence-electron chi connectivity index (χ1n) is 7.13. The maximum atomic E-state index is 12.6. The molecule has 19 heavy (non-hydrogen) atoms. The van der Waals surface area contributed by atoms with Crippen LogP contribution in [-0.2, 0) is 14.3 Å². The zero-order chi connectivity index (χ0) is 14.1. The molecule has 1 saturated heterocycles. The van der Waals surface area contributed by atoms with Gasteiger partial charge in [-0.3, -0.25) is 9.59 Å². The molecule has 108 valence electrons. The van der Waals surface area contributed by atoms with Crippen molar-refractivity contribution in [2.24, 2.45) is 0 Å². The van der Waals surface area contributed by atoms with E-state index >= 15 is 0 Å². The molecule has 0 aromatic rings. The summed E-state index contributed by atoms with van der Waals surface area (Å²) in [5, 5.41) is 2.92. The highest BCUT2D eigenvalue weighted by Gasteiger charge is 2.49. The van der Waals surface area contributed by atoms with Gasteiger partial charge in [-0.1, -0.05) is 12.8 Å². The minimum absolute atomic E-state index is 0.0474. The third kappa shape index (κ3) is 2.91. The Morgan fingerprint density at radius 1 is 1.32 bits per heavy atom. The number of hydrogen-bond acceptors (Lipinski definition) is 3. The van der Waals surface area contributed by atoms with Crippen LogP contribution in [0.5, 0.6) is 0 Å². The van der Waals surface area contributed by atoms with Crippen molar-refractivity contribution >= 4 is 11.8 Å². The van der Waals surface area contributed by atoms with E-state index in [0.29, 0.717) is 13.2 Å². The number of hydrogen-bond donors (Lipinski definition) is 1. The Balaban J connectivity index is 2.12. The molecule has 5 heteroatoms. The van der Waals surface area contributed by atoms with Crippen LogP contribution < -0.4 is 5.32 Å². The van der Waals surface area contributed by atoms with Gasteiger partial charge in [0.25, 0.3) is 0 Å². The summed E-state index contributed by atoms with van der Waals surface area (Å²) in [6.07, 6.45) is 3.55. The van der Waals surface area contributed by atoms with Gasteiger partial charge in [0.2, 0.25) is 11.8 Å². The molecule has 2 fully saturated rings. The SMILES string of the molecule is CCOC(C)(C)CN1CC(=O)NC2(CCCC2)C1=O. The first kappa shape index (κ1) is 14.3. The van der Waals surface area contributed by atoms with Crippen molar-refractivity contribution in [2.75, 3.05) is 19.7 Å². The number of nitrogens with one attached hydrogen (secondary N) is 1. The van der Waals surface area contributed by atoms with Gasteiger partial charge in [-0.25, -0.2) is 0 Å². The summed E-state index contributed by atoms with van der Waals surface area (Å²) < 4.78 is 5.64. The van der Waals surface area contributed by atoms with E-state index in [-0.39, 0.29) is 18.4 Å². The molecule has 1 spiro atoms. The van der Waals surface area contributed by atoms with Crippen LogP contribution in [0.1, 0.15) is 46.5 Å². The molecule has 0 aromatic carbocycles. The van der Waals surface area contributed by atoms with Crippen LogP contribution in [0.2, 0.25) is 0 Å². The molecule has 5 nitrogen and oxygen atoms in total. The first-order valence-corrected chi connectivity index (χ1v) is 7.13. The van der Waals surface area contributed by atoms with E-state index in [1.54, 1.807) is 4.90 Å². The molecule has 1 aliphatic heterocycles. The third-order valence-electron chi connectivity index (χ3n) is 3.97. The lowest BCUT2D eigenvalue weighted by Crippen LogP contribution is -2.67. The van der Waals surface area contributed by atoms with Crippen LogP contribution in [0.25, 0.3) is 0 Å². The smallest absolute Gasteiger partial charge is 0.248 e. The number of carbonyl (C=O) groups excluding carboxylic acids is 2. The van der Waals surface area contributed by atoms with E-state index in [1.165, 1.54) is 0 Å². The van der Waals surface area contributed by atoms with Crippen molar-refractivity contribution in [3.8, 4) is 0 Å². The molecule has 2 aliphatic rings. The van der Waals surface area contributed by atoms with E-state index in [2.05, 4.69) is 5.32 Å². The molecule has 0 bridgehead atoms. The number of rotatable bonds is 4. The standard InChI is InChI=1S/C14H24N2O3/c1-4-19-13(2,3)10-16-9-11(17)15-14(12(16)18)7-5-6-8-14/h4-10H2,1-3H3,(H,15,17). The Bertz CT molecular complexity index is 373. The lowest BCUT2D eigenvalue weighted by Gasteiger charge is -2.42. The van der Waals surface area contributed by atoms with Crippen LogP contribution in [0.4, 0.5) is 0 Å². The maximum Gasteiger partial charge on any atom is 0.248 e. The second kappa shape index (κ2) is 5.12. The van der Waals surface area contributed by atoms with Gasteiger partial charge in [-0.15, -0.1) is 0 Å². The fraction of sp³-hybridized carbons (Fsp3) is 0.857. The van der Waals surface area contributed by atoms with Crippen molar-refractivity contribution in [3.63, 3.8) is 0 Å². The Kier molecular flexibility index (Phi) is 3.85. The number of ether oxygens (including phenoxy) is 1. The first-order chi connectivity index (χ1) is 8.88. The highest BCUT2D eigenvalue weighted by molar-refractivity contribution is 5.98. The van der Waals surface area contributed by atoms with Crippen molar-refractivity contribution in [1.29, 1.82) is 0 Å². The second-order valence-electron chi connectivity index (χ2n) is 6.19. The summed E-state index contributed by atoms with van der Waals surface area (Å²) in [6.45, 7) is 7.07. The molecule has 0 aromatic heterocycles. The van der Waals surface area contributed by atoms with Crippen molar-refractivity contribution in [2.45, 2.75) is 57.6 Å². The Morgan fingerprint density at radius 3 is 2.53 bits per heavy atom. The summed E-state index contributed by atoms with van der Waals surface area (Å²) in [5.74, 6) is 0.0196. The molecule has 0 unspecified atom stereocenters. The lowest BCUT2D eigenvalue weighted by molar-refractivity contribution is -0.153. The van der Waals surface area contributed by atoms with Crippen molar-refractivity contribution in [1.82, 2.24) is 10.2 Å². The summed E-state index contributed by atoms with van der Waals surface area (Å²) >= 11 is 0. The average Bonchev–Trinajstić information content (AvgIpc) is 2.74. The quantitative estimate of drug-likeness (QED) is 0.830. The van der Waals surface area contributed by atoms with Gasteiger partial charge in [-0.2, -0.15) is 0 Å². The van der Waals surface area contributed by atoms with E-state index in [9.17, 15) is 9.59 Å². The van der Waals surface area contributed by atoms with E-state index in [0.717, 1.165) is 25.7 Å². The van der Waals surface area contributed by atoms with E-state index in [4.69, 9.17) is 4.74 Å². The highest BCUT2D eigenvalue weighted by Crippen LogP contribution is 2.33. The monoisotopic (exact) mass is 268 g/mol. The van der Waals surface area contributed by atoms with Crippen LogP contribution >= 0.6 is 0 Å². The topological polar surface area (TPSA) is 58.6 Å². The Morgan fingerprint density at radius 2 is 1.95 bits per heavy atom. The van der Waals surface area contributed by atoms with Crippen molar-refractivity contribution < 1.29 is 14.3 Å². The molecule has 2 amide bonds. The van der Waals surface area contributed by atoms with E-state index < -0.39 is 11.1 Å². The van der Waals surface area contributed by atoms with Gasteiger partial charge in [0.1, 0.15) is 5.54 Å². The summed E-state index contributed by atoms with van der Waals surface area (Å²) in [5.41, 5.74) is -1.04. The van der Waals surface area contributed by atoms with Crippen molar-refractivity contribution in [3.05, 3.63) is 0 Å². The largest absolute Gasteiger partial charge is 0.374 e. The lowest BCUT2D eigenvalue weighted by atomic mass is 9.92. The van der Waals surface area contributed by atoms with Crippen LogP contribution in [0.3, 0.4) is 0 Å². The highest BCUT2D eigenvalue weighted by atomic mass is 16.5. The molecule has 1 saturated carbocycles. The fourth-order valence-electron chi connectivity index (χ4n) is 3.25. The minimum atomic E-state index is -0.627. The summed E-state index contributed by atoms with van der Waals surface area (Å²) in [4.78, 5) is 26.2. The molecule has 2 rings (SSSR count). The van der Waals surface area contributed by atoms with E-state index in [1.807, 2.05) is 20.8 Å². The maximum absolute atomic E-state index is 12.6. The number of nitrogens with zero attached hydrogens (tertiary/aromatic N) is 1. The predicted molar refractivity (Wildman–Crippen MR) is 71.6 cm³/mol. The molecular formula is C14H24N2O3. The van der Waals surface area contributed by atoms with Crippen LogP contribution in [0, 0.1) is 0 Å². The predicted octanol–water partition coefficient (Wildman–Crippen LogP) is 1.07. The van der Waals surface area contributed by atoms with Crippen LogP contribution in [-0.4, -0.2) is 47.6 Å². The van der Waals surface area contributed by atoms with Gasteiger partial charge in [0.15, 0.2) is 0 Å². The van der Waals surface area contributed by atoms with Crippen LogP contribution in [0.15, 0.2) is 0 Å². The van der Waals surface area contributed by atoms with Gasteiger partial charge < -0.3 is 15.0 Å². The van der Waals surface area contributed by atoms with Gasteiger partial charge >= 0.3 is 0 Å². The second-order valence-corrected chi connectivity index (χ2v) is 6.19. The molecule has 1 aliphatic carbocycles. The van der Waals surface area contributed by atoms with Gasteiger partial charge in [0, 0.05) is 13.2 Å². The van der Waals surface area contributed by atoms with Gasteiger partial charge in [0.05, 0.1) is 12.1 Å². The number of amides is 2. The minimum Gasteiger partial charge on any atom is -0.374 e. The normalized spacial score (nSPS) is 23.0. The molecule has 1 N–H and O–H groups in total. The molecular weight excluding hydrogens is 244 g/mol. The zero-order valence-corrected chi connectivity index (χ0v) is 12.1. The molecule has 0 atom stereocenters. The van der Waals surface area contributed by atoms with Gasteiger partial charge in [-0.05, 0) is 33.6 Å². The Hall–Kier alpha value is -1.10. The molecule has 0 radical (unpaired) electrons. The summed E-state index contributed by atoms with van der Waals surface area (Å²) in [6, 6.07) is 0. The fourth-order valence-corrected chi connectivity index (χ4v) is 3.25. The Labute approximate surface area is 114 Å². The zero-order valence-electron chi connectivity index (χ0n) is 12.1. The average molecular weight is 268 g/mol. The number of piperazine rings is 1. The summed E-state index contributed by atoms with van der Waals surface area (Å²) in [7, 11) is 0. The number of carbonyl (C=O) groups is 2. The third-order valence-corrected chi connectivity index (χ3v) is 3.97.